The van der Waals surface area contributed by atoms with Gasteiger partial charge in [-0.25, -0.2) is 0 Å². The van der Waals surface area contributed by atoms with Crippen molar-refractivity contribution in [1.29, 1.82) is 0 Å². The molecule has 0 aromatic heterocycles. The molecule has 0 aromatic rings. The van der Waals surface area contributed by atoms with E-state index in [0.717, 1.165) is 32.5 Å². The number of aliphatic carboxylic acids is 1. The van der Waals surface area contributed by atoms with Gasteiger partial charge in [-0.3, -0.25) is 9.69 Å². The minimum atomic E-state index is -0.753. The molecule has 0 radical (unpaired) electrons. The molecule has 4 heteroatoms. The Bertz CT molecular complexity index is 223. The number of rotatable bonds is 4. The van der Waals surface area contributed by atoms with E-state index in [1.165, 1.54) is 0 Å². The van der Waals surface area contributed by atoms with Gasteiger partial charge < -0.3 is 10.4 Å². The van der Waals surface area contributed by atoms with Gasteiger partial charge in [-0.1, -0.05) is 6.92 Å². The van der Waals surface area contributed by atoms with Crippen LogP contribution >= 0.6 is 0 Å². The molecule has 0 atom stereocenters. The molecule has 88 valence electrons. The topological polar surface area (TPSA) is 52.6 Å². The van der Waals surface area contributed by atoms with Gasteiger partial charge in [-0.2, -0.15) is 0 Å². The van der Waals surface area contributed by atoms with Crippen molar-refractivity contribution in [3.05, 3.63) is 0 Å². The summed E-state index contributed by atoms with van der Waals surface area (Å²) < 4.78 is 0. The van der Waals surface area contributed by atoms with Gasteiger partial charge in [0, 0.05) is 6.04 Å². The summed E-state index contributed by atoms with van der Waals surface area (Å²) in [6.45, 7) is 8.41. The van der Waals surface area contributed by atoms with Crippen molar-refractivity contribution in [2.24, 2.45) is 0 Å². The van der Waals surface area contributed by atoms with Gasteiger partial charge in [0.25, 0.3) is 0 Å². The highest BCUT2D eigenvalue weighted by atomic mass is 16.4. The first-order valence-corrected chi connectivity index (χ1v) is 5.71. The number of hydrogen-bond acceptors (Lipinski definition) is 3. The molecule has 15 heavy (non-hydrogen) atoms. The van der Waals surface area contributed by atoms with E-state index in [9.17, 15) is 9.90 Å². The van der Waals surface area contributed by atoms with Crippen molar-refractivity contribution < 1.29 is 9.90 Å². The zero-order valence-electron chi connectivity index (χ0n) is 9.92. The molecule has 0 aromatic carbocycles. The number of hydrogen-bond donors (Lipinski definition) is 2. The average molecular weight is 214 g/mol. The molecule has 0 spiro atoms. The van der Waals surface area contributed by atoms with E-state index in [0.29, 0.717) is 6.04 Å². The Hall–Kier alpha value is -0.610. The lowest BCUT2D eigenvalue weighted by molar-refractivity contribution is -0.151. The van der Waals surface area contributed by atoms with Gasteiger partial charge in [-0.15, -0.1) is 0 Å². The molecule has 2 N–H and O–H groups in total. The molecule has 0 unspecified atom stereocenters. The molecule has 1 saturated heterocycles. The van der Waals surface area contributed by atoms with E-state index in [1.54, 1.807) is 13.8 Å². The molecule has 0 bridgehead atoms. The third-order valence-electron chi connectivity index (χ3n) is 3.33. The van der Waals surface area contributed by atoms with Crippen molar-refractivity contribution >= 4 is 5.97 Å². The van der Waals surface area contributed by atoms with Crippen LogP contribution in [0.3, 0.4) is 0 Å². The first-order valence-electron chi connectivity index (χ1n) is 5.71. The van der Waals surface area contributed by atoms with Gasteiger partial charge in [0.2, 0.25) is 0 Å². The molecule has 1 rings (SSSR count). The molecule has 0 amide bonds. The quantitative estimate of drug-likeness (QED) is 0.731. The summed E-state index contributed by atoms with van der Waals surface area (Å²) in [7, 11) is 0. The van der Waals surface area contributed by atoms with Gasteiger partial charge in [-0.05, 0) is 46.3 Å². The fraction of sp³-hybridized carbons (Fsp3) is 0.909. The Morgan fingerprint density at radius 3 is 2.40 bits per heavy atom. The van der Waals surface area contributed by atoms with E-state index in [4.69, 9.17) is 0 Å². The summed E-state index contributed by atoms with van der Waals surface area (Å²) >= 11 is 0. The summed E-state index contributed by atoms with van der Waals surface area (Å²) in [6.07, 6.45) is 2.09. The maximum atomic E-state index is 11.2. The smallest absolute Gasteiger partial charge is 0.323 e. The van der Waals surface area contributed by atoms with Crippen LogP contribution in [0, 0.1) is 0 Å². The first kappa shape index (κ1) is 12.5. The predicted octanol–water partition coefficient (Wildman–Crippen LogP) is 0.923. The monoisotopic (exact) mass is 214 g/mol. The van der Waals surface area contributed by atoms with Crippen LogP contribution in [0.1, 0.15) is 33.6 Å². The van der Waals surface area contributed by atoms with Gasteiger partial charge in [0.15, 0.2) is 0 Å². The third-order valence-corrected chi connectivity index (χ3v) is 3.33. The Balaban J connectivity index is 2.72. The summed E-state index contributed by atoms with van der Waals surface area (Å²) in [5.41, 5.74) is -0.753. The number of nitrogens with zero attached hydrogens (tertiary/aromatic N) is 1. The SMILES string of the molecule is CCN(C1CCNCC1)C(C)(C)C(=O)O. The molecule has 1 aliphatic rings. The first-order chi connectivity index (χ1) is 7.00. The number of carboxylic acids is 1. The lowest BCUT2D eigenvalue weighted by atomic mass is 9.95. The number of likely N-dealkylation sites (N-methyl/N-ethyl adjacent to an activating group) is 1. The highest BCUT2D eigenvalue weighted by Crippen LogP contribution is 2.22. The van der Waals surface area contributed by atoms with Crippen molar-refractivity contribution in [1.82, 2.24) is 10.2 Å². The maximum Gasteiger partial charge on any atom is 0.323 e. The zero-order chi connectivity index (χ0) is 11.5. The molecule has 1 aliphatic heterocycles. The highest BCUT2D eigenvalue weighted by Gasteiger charge is 2.37. The lowest BCUT2D eigenvalue weighted by Crippen LogP contribution is -2.56. The van der Waals surface area contributed by atoms with Crippen molar-refractivity contribution in [3.8, 4) is 0 Å². The fourth-order valence-electron chi connectivity index (χ4n) is 2.35. The second-order valence-electron chi connectivity index (χ2n) is 4.63. The lowest BCUT2D eigenvalue weighted by Gasteiger charge is -2.42. The molecular formula is C11H22N2O2. The standard InChI is InChI=1S/C11H22N2O2/c1-4-13(11(2,3)10(14)15)9-5-7-12-8-6-9/h9,12H,4-8H2,1-3H3,(H,14,15). The van der Waals surface area contributed by atoms with Gasteiger partial charge in [0.1, 0.15) is 5.54 Å². The Labute approximate surface area is 91.6 Å². The minimum absolute atomic E-state index is 0.405. The normalized spacial score (nSPS) is 19.5. The third kappa shape index (κ3) is 2.69. The predicted molar refractivity (Wildman–Crippen MR) is 60.0 cm³/mol. The van der Waals surface area contributed by atoms with Crippen LogP contribution in [-0.4, -0.2) is 47.2 Å². The molecule has 0 saturated carbocycles. The molecule has 4 nitrogen and oxygen atoms in total. The Morgan fingerprint density at radius 1 is 1.47 bits per heavy atom. The van der Waals surface area contributed by atoms with Gasteiger partial charge >= 0.3 is 5.97 Å². The largest absolute Gasteiger partial charge is 0.480 e. The van der Waals surface area contributed by atoms with Crippen LogP contribution in [0.4, 0.5) is 0 Å². The van der Waals surface area contributed by atoms with Crippen LogP contribution in [0.25, 0.3) is 0 Å². The van der Waals surface area contributed by atoms with Crippen LogP contribution in [0.2, 0.25) is 0 Å². The maximum absolute atomic E-state index is 11.2. The minimum Gasteiger partial charge on any atom is -0.480 e. The van der Waals surface area contributed by atoms with Gasteiger partial charge in [0.05, 0.1) is 0 Å². The number of carboxylic acid groups (broad SMARTS) is 1. The van der Waals surface area contributed by atoms with E-state index >= 15 is 0 Å². The van der Waals surface area contributed by atoms with Crippen molar-refractivity contribution in [2.75, 3.05) is 19.6 Å². The Morgan fingerprint density at radius 2 is 2.00 bits per heavy atom. The molecule has 1 heterocycles. The van der Waals surface area contributed by atoms with Crippen LogP contribution in [0.15, 0.2) is 0 Å². The van der Waals surface area contributed by atoms with Crippen LogP contribution in [0.5, 0.6) is 0 Å². The van der Waals surface area contributed by atoms with Crippen molar-refractivity contribution in [2.45, 2.75) is 45.2 Å². The van der Waals surface area contributed by atoms with E-state index < -0.39 is 11.5 Å². The summed E-state index contributed by atoms with van der Waals surface area (Å²) in [5, 5.41) is 12.5. The van der Waals surface area contributed by atoms with Crippen LogP contribution < -0.4 is 5.32 Å². The van der Waals surface area contributed by atoms with E-state index in [-0.39, 0.29) is 0 Å². The van der Waals surface area contributed by atoms with Crippen LogP contribution in [-0.2, 0) is 4.79 Å². The Kier molecular flexibility index (Phi) is 4.11. The van der Waals surface area contributed by atoms with Crippen molar-refractivity contribution in [3.63, 3.8) is 0 Å². The summed E-state index contributed by atoms with van der Waals surface area (Å²) in [5.74, 6) is -0.733. The summed E-state index contributed by atoms with van der Waals surface area (Å²) in [4.78, 5) is 13.3. The molecule has 0 aliphatic carbocycles. The van der Waals surface area contributed by atoms with E-state index in [2.05, 4.69) is 10.2 Å². The molecular weight excluding hydrogens is 192 g/mol. The number of carbonyl (C=O) groups is 1. The second-order valence-corrected chi connectivity index (χ2v) is 4.63. The molecule has 1 fully saturated rings. The fourth-order valence-corrected chi connectivity index (χ4v) is 2.35. The zero-order valence-corrected chi connectivity index (χ0v) is 9.92. The number of piperidine rings is 1. The number of nitrogens with one attached hydrogen (secondary N) is 1. The second kappa shape index (κ2) is 4.94. The summed E-state index contributed by atoms with van der Waals surface area (Å²) in [6, 6.07) is 0.405. The highest BCUT2D eigenvalue weighted by molar-refractivity contribution is 5.77. The average Bonchev–Trinajstić information content (AvgIpc) is 2.19. The van der Waals surface area contributed by atoms with E-state index in [1.807, 2.05) is 6.92 Å².